The van der Waals surface area contributed by atoms with Crippen molar-refractivity contribution in [3.8, 4) is 0 Å². The van der Waals surface area contributed by atoms with Gasteiger partial charge in [0.2, 0.25) is 0 Å². The number of pyridine rings is 1. The predicted octanol–water partition coefficient (Wildman–Crippen LogP) is 1.79. The quantitative estimate of drug-likeness (QED) is 0.904. The molecule has 20 heavy (non-hydrogen) atoms. The number of rotatable bonds is 3. The lowest BCUT2D eigenvalue weighted by atomic mass is 10.1. The Kier molecular flexibility index (Phi) is 3.19. The summed E-state index contributed by atoms with van der Waals surface area (Å²) in [4.78, 5) is 4.36. The first kappa shape index (κ1) is 13.1. The minimum Gasteiger partial charge on any atom is -0.309 e. The Bertz CT molecular complexity index is 740. The molecule has 1 aromatic heterocycles. The predicted molar refractivity (Wildman–Crippen MR) is 76.8 cm³/mol. The van der Waals surface area contributed by atoms with Crippen molar-refractivity contribution in [2.24, 2.45) is 0 Å². The molecular weight excluding hydrogens is 274 g/mol. The molecule has 2 heterocycles. The summed E-state index contributed by atoms with van der Waals surface area (Å²) in [5.41, 5.74) is 3.50. The molecule has 1 aliphatic heterocycles. The fraction of sp³-hybridized carbons (Fsp3) is 0.214. The first-order chi connectivity index (χ1) is 9.54. The number of aryl methyl sites for hydroxylation is 1. The third-order valence-electron chi connectivity index (χ3n) is 3.28. The monoisotopic (exact) mass is 289 g/mol. The third kappa shape index (κ3) is 2.52. The van der Waals surface area contributed by atoms with Crippen LogP contribution in [-0.2, 0) is 23.1 Å². The highest BCUT2D eigenvalue weighted by atomic mass is 32.2. The van der Waals surface area contributed by atoms with Gasteiger partial charge in [0.25, 0.3) is 10.0 Å². The van der Waals surface area contributed by atoms with Gasteiger partial charge in [-0.1, -0.05) is 6.07 Å². The molecule has 104 valence electrons. The Hall–Kier alpha value is -1.92. The third-order valence-corrected chi connectivity index (χ3v) is 4.66. The van der Waals surface area contributed by atoms with Crippen molar-refractivity contribution < 1.29 is 8.42 Å². The minimum atomic E-state index is -3.57. The number of nitrogens with one attached hydrogen (secondary N) is 2. The van der Waals surface area contributed by atoms with E-state index in [-0.39, 0.29) is 4.90 Å². The Morgan fingerprint density at radius 1 is 1.15 bits per heavy atom. The molecule has 2 aromatic rings. The summed E-state index contributed by atoms with van der Waals surface area (Å²) in [7, 11) is -3.57. The number of hydrogen-bond donors (Lipinski definition) is 2. The molecule has 0 unspecified atom stereocenters. The van der Waals surface area contributed by atoms with Gasteiger partial charge < -0.3 is 5.32 Å². The number of aromatic nitrogens is 1. The largest absolute Gasteiger partial charge is 0.309 e. The molecule has 0 fully saturated rings. The van der Waals surface area contributed by atoms with Crippen LogP contribution in [0.4, 0.5) is 5.69 Å². The molecule has 0 bridgehead atoms. The van der Waals surface area contributed by atoms with Crippen LogP contribution in [0.15, 0.2) is 41.4 Å². The fourth-order valence-corrected chi connectivity index (χ4v) is 3.27. The maximum atomic E-state index is 12.3. The van der Waals surface area contributed by atoms with Gasteiger partial charge in [0, 0.05) is 18.8 Å². The highest BCUT2D eigenvalue weighted by molar-refractivity contribution is 7.92. The summed E-state index contributed by atoms with van der Waals surface area (Å²) in [5.74, 6) is 0. The average molecular weight is 289 g/mol. The van der Waals surface area contributed by atoms with Gasteiger partial charge in [0.05, 0.1) is 16.8 Å². The standard InChI is InChI=1S/C14H15N3O2S/c1-10-2-4-13(9-16-10)17-20(18,19)14-5-3-11-7-15-8-12(11)6-14/h2-6,9,15,17H,7-8H2,1H3. The molecule has 0 spiro atoms. The zero-order chi connectivity index (χ0) is 14.2. The number of anilines is 1. The van der Waals surface area contributed by atoms with Crippen LogP contribution in [0.1, 0.15) is 16.8 Å². The molecule has 6 heteroatoms. The van der Waals surface area contributed by atoms with Crippen molar-refractivity contribution in [1.29, 1.82) is 0 Å². The fourth-order valence-electron chi connectivity index (χ4n) is 2.18. The van der Waals surface area contributed by atoms with E-state index in [2.05, 4.69) is 15.0 Å². The normalized spacial score (nSPS) is 14.1. The van der Waals surface area contributed by atoms with Gasteiger partial charge in [0.15, 0.2) is 0 Å². The van der Waals surface area contributed by atoms with E-state index in [0.29, 0.717) is 12.2 Å². The summed E-state index contributed by atoms with van der Waals surface area (Å²) >= 11 is 0. The Balaban J connectivity index is 1.90. The van der Waals surface area contributed by atoms with Crippen molar-refractivity contribution in [2.75, 3.05) is 4.72 Å². The molecule has 1 aliphatic rings. The molecule has 1 aromatic carbocycles. The van der Waals surface area contributed by atoms with Gasteiger partial charge in [-0.2, -0.15) is 0 Å². The maximum absolute atomic E-state index is 12.3. The SMILES string of the molecule is Cc1ccc(NS(=O)(=O)c2ccc3c(c2)CNC3)cn1. The van der Waals surface area contributed by atoms with Crippen LogP contribution in [0.2, 0.25) is 0 Å². The average Bonchev–Trinajstić information content (AvgIpc) is 2.88. The van der Waals surface area contributed by atoms with E-state index < -0.39 is 10.0 Å². The highest BCUT2D eigenvalue weighted by Gasteiger charge is 2.18. The van der Waals surface area contributed by atoms with Gasteiger partial charge in [-0.05, 0) is 42.3 Å². The molecular formula is C14H15N3O2S. The second kappa shape index (κ2) is 4.88. The van der Waals surface area contributed by atoms with Crippen LogP contribution in [0.25, 0.3) is 0 Å². The molecule has 0 saturated heterocycles. The highest BCUT2D eigenvalue weighted by Crippen LogP contribution is 2.21. The molecule has 0 saturated carbocycles. The van der Waals surface area contributed by atoms with Crippen LogP contribution in [-0.4, -0.2) is 13.4 Å². The molecule has 5 nitrogen and oxygen atoms in total. The smallest absolute Gasteiger partial charge is 0.261 e. The molecule has 0 atom stereocenters. The van der Waals surface area contributed by atoms with E-state index in [1.165, 1.54) is 6.20 Å². The summed E-state index contributed by atoms with van der Waals surface area (Å²) in [6.07, 6.45) is 1.52. The summed E-state index contributed by atoms with van der Waals surface area (Å²) < 4.78 is 27.2. The van der Waals surface area contributed by atoms with Gasteiger partial charge >= 0.3 is 0 Å². The first-order valence-corrected chi connectivity index (χ1v) is 7.81. The number of benzene rings is 1. The molecule has 0 amide bonds. The van der Waals surface area contributed by atoms with E-state index in [0.717, 1.165) is 23.4 Å². The van der Waals surface area contributed by atoms with Gasteiger partial charge in [0.1, 0.15) is 0 Å². The second-order valence-corrected chi connectivity index (χ2v) is 6.51. The van der Waals surface area contributed by atoms with E-state index in [1.54, 1.807) is 24.3 Å². The lowest BCUT2D eigenvalue weighted by Crippen LogP contribution is -2.13. The lowest BCUT2D eigenvalue weighted by Gasteiger charge is -2.09. The van der Waals surface area contributed by atoms with Gasteiger partial charge in [-0.3, -0.25) is 9.71 Å². The van der Waals surface area contributed by atoms with Crippen molar-refractivity contribution in [1.82, 2.24) is 10.3 Å². The number of nitrogens with zero attached hydrogens (tertiary/aromatic N) is 1. The van der Waals surface area contributed by atoms with Crippen LogP contribution in [0.3, 0.4) is 0 Å². The number of hydrogen-bond acceptors (Lipinski definition) is 4. The molecule has 2 N–H and O–H groups in total. The van der Waals surface area contributed by atoms with E-state index in [4.69, 9.17) is 0 Å². The maximum Gasteiger partial charge on any atom is 0.261 e. The number of sulfonamides is 1. The van der Waals surface area contributed by atoms with Gasteiger partial charge in [-0.25, -0.2) is 8.42 Å². The zero-order valence-corrected chi connectivity index (χ0v) is 11.9. The Morgan fingerprint density at radius 2 is 1.95 bits per heavy atom. The summed E-state index contributed by atoms with van der Waals surface area (Å²) in [6, 6.07) is 8.69. The molecule has 3 rings (SSSR count). The van der Waals surface area contributed by atoms with Crippen LogP contribution in [0.5, 0.6) is 0 Å². The van der Waals surface area contributed by atoms with E-state index in [9.17, 15) is 8.42 Å². The Labute approximate surface area is 118 Å². The van der Waals surface area contributed by atoms with Crippen LogP contribution in [0, 0.1) is 6.92 Å². The summed E-state index contributed by atoms with van der Waals surface area (Å²) in [6.45, 7) is 3.36. The van der Waals surface area contributed by atoms with Crippen molar-refractivity contribution >= 4 is 15.7 Å². The minimum absolute atomic E-state index is 0.278. The first-order valence-electron chi connectivity index (χ1n) is 6.32. The number of fused-ring (bicyclic) bond motifs is 1. The van der Waals surface area contributed by atoms with Crippen molar-refractivity contribution in [3.05, 3.63) is 53.3 Å². The molecule has 0 radical (unpaired) electrons. The zero-order valence-electron chi connectivity index (χ0n) is 11.1. The second-order valence-electron chi connectivity index (χ2n) is 4.83. The lowest BCUT2D eigenvalue weighted by molar-refractivity contribution is 0.601. The Morgan fingerprint density at radius 3 is 2.70 bits per heavy atom. The van der Waals surface area contributed by atoms with Crippen LogP contribution >= 0.6 is 0 Å². The van der Waals surface area contributed by atoms with E-state index in [1.807, 2.05) is 13.0 Å². The van der Waals surface area contributed by atoms with Crippen molar-refractivity contribution in [3.63, 3.8) is 0 Å². The van der Waals surface area contributed by atoms with Crippen molar-refractivity contribution in [2.45, 2.75) is 24.9 Å². The molecule has 0 aliphatic carbocycles. The topological polar surface area (TPSA) is 71.1 Å². The van der Waals surface area contributed by atoms with E-state index >= 15 is 0 Å². The summed E-state index contributed by atoms with van der Waals surface area (Å²) in [5, 5.41) is 3.20. The van der Waals surface area contributed by atoms with Gasteiger partial charge in [-0.15, -0.1) is 0 Å². The van der Waals surface area contributed by atoms with Crippen LogP contribution < -0.4 is 10.0 Å².